The Hall–Kier alpha value is -4.20. The number of fused-ring (bicyclic) bond motifs is 3. The molecule has 0 bridgehead atoms. The van der Waals surface area contributed by atoms with Crippen LogP contribution in [0.2, 0.25) is 0 Å². The summed E-state index contributed by atoms with van der Waals surface area (Å²) in [6.07, 6.45) is 0. The molecular weight excluding hydrogens is 573 g/mol. The molecular formula is C37H30O4S2. The summed E-state index contributed by atoms with van der Waals surface area (Å²) in [7, 11) is 0. The molecule has 6 aromatic rings. The van der Waals surface area contributed by atoms with Gasteiger partial charge >= 0.3 is 0 Å². The smallest absolute Gasteiger partial charge is 0.119 e. The fourth-order valence-electron chi connectivity index (χ4n) is 6.41. The molecule has 4 aromatic carbocycles. The van der Waals surface area contributed by atoms with Crippen LogP contribution in [-0.4, -0.2) is 36.6 Å². The summed E-state index contributed by atoms with van der Waals surface area (Å²) in [4.78, 5) is 2.47. The second-order valence-electron chi connectivity index (χ2n) is 10.4. The van der Waals surface area contributed by atoms with E-state index in [0.717, 1.165) is 22.6 Å². The molecule has 0 saturated heterocycles. The van der Waals surface area contributed by atoms with Gasteiger partial charge in [-0.1, -0.05) is 72.8 Å². The Bertz CT molecular complexity index is 1690. The summed E-state index contributed by atoms with van der Waals surface area (Å²) in [5.74, 6) is 1.44. The Morgan fingerprint density at radius 3 is 1.33 bits per heavy atom. The van der Waals surface area contributed by atoms with E-state index in [2.05, 4.69) is 95.7 Å². The number of benzene rings is 4. The zero-order chi connectivity index (χ0) is 29.2. The molecule has 1 aliphatic carbocycles. The number of aliphatic hydroxyl groups excluding tert-OH is 2. The Balaban J connectivity index is 1.56. The molecule has 0 radical (unpaired) electrons. The van der Waals surface area contributed by atoms with Crippen LogP contribution in [0.4, 0.5) is 0 Å². The molecule has 214 valence electrons. The van der Waals surface area contributed by atoms with Crippen molar-refractivity contribution in [3.8, 4) is 43.5 Å². The summed E-state index contributed by atoms with van der Waals surface area (Å²) in [6, 6.07) is 38.6. The molecule has 2 heterocycles. The van der Waals surface area contributed by atoms with Gasteiger partial charge in [-0.05, 0) is 91.7 Å². The third-order valence-electron chi connectivity index (χ3n) is 8.05. The largest absolute Gasteiger partial charge is 0.491 e. The quantitative estimate of drug-likeness (QED) is 0.166. The Kier molecular flexibility index (Phi) is 7.59. The van der Waals surface area contributed by atoms with Crippen LogP contribution in [-0.2, 0) is 5.41 Å². The molecule has 7 rings (SSSR count). The van der Waals surface area contributed by atoms with Gasteiger partial charge < -0.3 is 19.7 Å². The second-order valence-corrected chi connectivity index (χ2v) is 12.2. The topological polar surface area (TPSA) is 58.9 Å². The zero-order valence-corrected chi connectivity index (χ0v) is 25.0. The Morgan fingerprint density at radius 1 is 0.512 bits per heavy atom. The van der Waals surface area contributed by atoms with Crippen LogP contribution < -0.4 is 9.47 Å². The predicted molar refractivity (Wildman–Crippen MR) is 176 cm³/mol. The van der Waals surface area contributed by atoms with Crippen LogP contribution in [0.15, 0.2) is 120 Å². The monoisotopic (exact) mass is 602 g/mol. The molecule has 43 heavy (non-hydrogen) atoms. The van der Waals surface area contributed by atoms with Gasteiger partial charge in [0.25, 0.3) is 0 Å². The lowest BCUT2D eigenvalue weighted by Gasteiger charge is -2.34. The highest BCUT2D eigenvalue weighted by Gasteiger charge is 2.48. The maximum Gasteiger partial charge on any atom is 0.119 e. The van der Waals surface area contributed by atoms with Crippen molar-refractivity contribution in [1.82, 2.24) is 0 Å². The molecule has 1 aliphatic rings. The first-order chi connectivity index (χ1) is 21.3. The predicted octanol–water partition coefficient (Wildman–Crippen LogP) is 8.25. The van der Waals surface area contributed by atoms with Crippen LogP contribution in [0.1, 0.15) is 22.3 Å². The summed E-state index contributed by atoms with van der Waals surface area (Å²) in [6.45, 7) is 0.432. The molecule has 2 N–H and O–H groups in total. The van der Waals surface area contributed by atoms with Gasteiger partial charge in [0, 0.05) is 9.75 Å². The van der Waals surface area contributed by atoms with Crippen molar-refractivity contribution in [2.24, 2.45) is 0 Å². The third-order valence-corrected chi connectivity index (χ3v) is 9.86. The van der Waals surface area contributed by atoms with E-state index in [4.69, 9.17) is 9.47 Å². The van der Waals surface area contributed by atoms with Gasteiger partial charge in [0.1, 0.15) is 24.7 Å². The summed E-state index contributed by atoms with van der Waals surface area (Å²) < 4.78 is 11.5. The molecule has 0 saturated carbocycles. The van der Waals surface area contributed by atoms with Crippen molar-refractivity contribution in [2.45, 2.75) is 5.41 Å². The molecule has 0 unspecified atom stereocenters. The highest BCUT2D eigenvalue weighted by Crippen LogP contribution is 2.61. The van der Waals surface area contributed by atoms with Crippen LogP contribution in [0.3, 0.4) is 0 Å². The number of ether oxygens (including phenoxy) is 2. The molecule has 0 amide bonds. The number of hydrogen-bond donors (Lipinski definition) is 2. The third kappa shape index (κ3) is 4.67. The fourth-order valence-corrected chi connectivity index (χ4v) is 7.92. The first kappa shape index (κ1) is 27.6. The maximum atomic E-state index is 9.30. The Morgan fingerprint density at radius 2 is 0.953 bits per heavy atom. The van der Waals surface area contributed by atoms with Crippen molar-refractivity contribution in [1.29, 1.82) is 0 Å². The van der Waals surface area contributed by atoms with Crippen molar-refractivity contribution in [2.75, 3.05) is 26.4 Å². The highest BCUT2D eigenvalue weighted by atomic mass is 32.1. The number of hydrogen-bond acceptors (Lipinski definition) is 6. The molecule has 2 aromatic heterocycles. The van der Waals surface area contributed by atoms with Gasteiger partial charge in [-0.15, -0.1) is 22.7 Å². The van der Waals surface area contributed by atoms with Crippen molar-refractivity contribution < 1.29 is 19.7 Å². The van der Waals surface area contributed by atoms with Crippen molar-refractivity contribution >= 4 is 22.7 Å². The minimum Gasteiger partial charge on any atom is -0.491 e. The van der Waals surface area contributed by atoms with E-state index in [-0.39, 0.29) is 26.4 Å². The highest BCUT2D eigenvalue weighted by molar-refractivity contribution is 7.14. The van der Waals surface area contributed by atoms with Crippen molar-refractivity contribution in [3.63, 3.8) is 0 Å². The van der Waals surface area contributed by atoms with Crippen molar-refractivity contribution in [3.05, 3.63) is 142 Å². The van der Waals surface area contributed by atoms with Crippen LogP contribution >= 0.6 is 22.7 Å². The molecule has 0 aliphatic heterocycles. The molecule has 4 nitrogen and oxygen atoms in total. The van der Waals surface area contributed by atoms with E-state index in [1.54, 1.807) is 22.7 Å². The van der Waals surface area contributed by atoms with Gasteiger partial charge in [-0.2, -0.15) is 0 Å². The van der Waals surface area contributed by atoms with E-state index in [0.29, 0.717) is 0 Å². The van der Waals surface area contributed by atoms with Gasteiger partial charge in [0.2, 0.25) is 0 Å². The lowest BCUT2D eigenvalue weighted by molar-refractivity contribution is 0.201. The first-order valence-electron chi connectivity index (χ1n) is 14.3. The summed E-state index contributed by atoms with van der Waals surface area (Å²) in [5.41, 5.74) is 9.05. The molecule has 6 heteroatoms. The average molecular weight is 603 g/mol. The molecule has 0 fully saturated rings. The van der Waals surface area contributed by atoms with E-state index in [1.807, 2.05) is 24.3 Å². The number of rotatable bonds is 10. The molecule has 0 atom stereocenters. The lowest BCUT2D eigenvalue weighted by atomic mass is 9.67. The number of aliphatic hydroxyl groups is 2. The second kappa shape index (κ2) is 11.8. The maximum absolute atomic E-state index is 9.30. The minimum atomic E-state index is -0.615. The van der Waals surface area contributed by atoms with Crippen LogP contribution in [0.5, 0.6) is 11.5 Å². The van der Waals surface area contributed by atoms with Crippen LogP contribution in [0.25, 0.3) is 32.0 Å². The summed E-state index contributed by atoms with van der Waals surface area (Å²) >= 11 is 3.52. The van der Waals surface area contributed by atoms with Gasteiger partial charge in [0.05, 0.1) is 18.6 Å². The van der Waals surface area contributed by atoms with E-state index in [9.17, 15) is 10.2 Å². The van der Waals surface area contributed by atoms with Gasteiger partial charge in [-0.3, -0.25) is 0 Å². The SMILES string of the molecule is OCCOc1ccc(C2(c3ccc(OCCO)cc3)c3cccc(-c4cccs4)c3-c3c(-c4cccs4)cccc32)cc1. The van der Waals surface area contributed by atoms with E-state index >= 15 is 0 Å². The molecule has 0 spiro atoms. The van der Waals surface area contributed by atoms with Gasteiger partial charge in [-0.25, -0.2) is 0 Å². The van der Waals surface area contributed by atoms with Gasteiger partial charge in [0.15, 0.2) is 0 Å². The normalized spacial score (nSPS) is 13.0. The van der Waals surface area contributed by atoms with E-state index in [1.165, 1.54) is 43.1 Å². The van der Waals surface area contributed by atoms with E-state index < -0.39 is 5.41 Å². The Labute approximate surface area is 259 Å². The average Bonchev–Trinajstić information content (AvgIpc) is 3.84. The summed E-state index contributed by atoms with van der Waals surface area (Å²) in [5, 5.41) is 22.9. The zero-order valence-electron chi connectivity index (χ0n) is 23.4. The standard InChI is InChI=1S/C37H30O4S2/c38-19-21-40-27-15-11-25(12-16-27)37(26-13-17-28(18-14-26)41-22-20-39)31-7-1-5-29(33-9-3-23-42-33)35(31)36-30(6-2-8-32(36)37)34-10-4-24-43-34/h1-18,23-24,38-39H,19-22H2. The minimum absolute atomic E-state index is 0.0336. The number of thiophene rings is 2. The van der Waals surface area contributed by atoms with Crippen LogP contribution in [0, 0.1) is 0 Å². The first-order valence-corrected chi connectivity index (χ1v) is 16.0. The fraction of sp³-hybridized carbons (Fsp3) is 0.135. The lowest BCUT2D eigenvalue weighted by Crippen LogP contribution is -2.28.